The van der Waals surface area contributed by atoms with Crippen molar-refractivity contribution in [1.82, 2.24) is 16.0 Å². The van der Waals surface area contributed by atoms with Gasteiger partial charge >= 0.3 is 5.97 Å². The van der Waals surface area contributed by atoms with E-state index in [-0.39, 0.29) is 24.2 Å². The van der Waals surface area contributed by atoms with Gasteiger partial charge in [-0.05, 0) is 34.1 Å². The number of esters is 1. The van der Waals surface area contributed by atoms with E-state index < -0.39 is 70.3 Å². The molecular weight excluding hydrogens is 479 g/mol. The molecule has 0 spiro atoms. The molecule has 1 aliphatic heterocycles. The Bertz CT molecular complexity index is 850. The van der Waals surface area contributed by atoms with Gasteiger partial charge in [-0.3, -0.25) is 14.4 Å². The number of hydrogen-bond donors (Lipinski definition) is 6. The summed E-state index contributed by atoms with van der Waals surface area (Å²) in [5.74, 6) is -3.79. The molecule has 2 aliphatic rings. The van der Waals surface area contributed by atoms with Crippen LogP contribution in [0.25, 0.3) is 0 Å². The number of amides is 3. The Morgan fingerprint density at radius 3 is 2.21 bits per heavy atom. The fourth-order valence-corrected chi connectivity index (χ4v) is 4.21. The number of carbonyl (C=O) groups excluding carboxylic acids is 4. The summed E-state index contributed by atoms with van der Waals surface area (Å²) in [7, 11) is 0. The molecule has 0 aromatic carbocycles. The molecule has 1 fully saturated rings. The average Bonchev–Trinajstić information content (AvgIpc) is 2.69. The van der Waals surface area contributed by atoms with Crippen LogP contribution in [-0.4, -0.2) is 74.6 Å². The molecule has 0 aromatic rings. The van der Waals surface area contributed by atoms with E-state index in [1.54, 1.807) is 0 Å². The second kappa shape index (κ2) is 10.5. The number of nitrogens with one attached hydrogen (secondary N) is 3. The van der Waals surface area contributed by atoms with Gasteiger partial charge in [-0.2, -0.15) is 0 Å². The predicted molar refractivity (Wildman–Crippen MR) is 119 cm³/mol. The van der Waals surface area contributed by atoms with Crippen molar-refractivity contribution in [3.8, 4) is 0 Å². The Balaban J connectivity index is 2.20. The van der Waals surface area contributed by atoms with Crippen molar-refractivity contribution >= 4 is 46.9 Å². The van der Waals surface area contributed by atoms with Gasteiger partial charge in [0.05, 0.1) is 23.8 Å². The first-order valence-electron chi connectivity index (χ1n) is 10.5. The van der Waals surface area contributed by atoms with Crippen molar-refractivity contribution in [3.05, 3.63) is 11.3 Å². The smallest absolute Gasteiger partial charge is 0.338 e. The molecule has 7 N–H and O–H groups in total. The normalized spacial score (nSPS) is 30.0. The van der Waals surface area contributed by atoms with E-state index >= 15 is 0 Å². The summed E-state index contributed by atoms with van der Waals surface area (Å²) in [6, 6.07) is -3.83. The van der Waals surface area contributed by atoms with Gasteiger partial charge in [-0.25, -0.2) is 4.79 Å². The summed E-state index contributed by atoms with van der Waals surface area (Å²) in [5, 5.41) is 28.0. The van der Waals surface area contributed by atoms with Crippen LogP contribution < -0.4 is 21.7 Å². The highest BCUT2D eigenvalue weighted by Gasteiger charge is 2.56. The first kappa shape index (κ1) is 27.2. The number of halogens is 2. The van der Waals surface area contributed by atoms with Crippen LogP contribution in [0.1, 0.15) is 40.5 Å². The third-order valence-electron chi connectivity index (χ3n) is 5.84. The van der Waals surface area contributed by atoms with Crippen molar-refractivity contribution in [3.63, 3.8) is 0 Å². The highest BCUT2D eigenvalue weighted by molar-refractivity contribution is 6.45. The molecule has 33 heavy (non-hydrogen) atoms. The van der Waals surface area contributed by atoms with Gasteiger partial charge in [0.1, 0.15) is 22.7 Å². The van der Waals surface area contributed by atoms with Gasteiger partial charge in [0.25, 0.3) is 0 Å². The second-order valence-corrected chi connectivity index (χ2v) is 9.77. The minimum absolute atomic E-state index is 0.0522. The highest BCUT2D eigenvalue weighted by atomic mass is 35.5. The van der Waals surface area contributed by atoms with Gasteiger partial charge in [0.2, 0.25) is 17.7 Å². The number of cyclic esters (lactones) is 1. The Kier molecular flexibility index (Phi) is 8.61. The molecule has 0 radical (unpaired) electrons. The van der Waals surface area contributed by atoms with E-state index in [2.05, 4.69) is 16.0 Å². The molecule has 1 saturated heterocycles. The first-order chi connectivity index (χ1) is 15.2. The van der Waals surface area contributed by atoms with Crippen molar-refractivity contribution < 1.29 is 34.1 Å². The van der Waals surface area contributed by atoms with E-state index in [1.807, 2.05) is 0 Å². The summed E-state index contributed by atoms with van der Waals surface area (Å²) < 4.78 is 5.43. The largest absolute Gasteiger partial charge is 0.512 e. The zero-order valence-electron chi connectivity index (χ0n) is 18.7. The summed E-state index contributed by atoms with van der Waals surface area (Å²) in [5.41, 5.74) is 3.83. The SMILES string of the molecule is C[C@H](N)C(=O)N[C@@H](C)C(=O)N[C@@H](C)C(=O)N[C@@H]1[C@@H]2C[C@H](O)CC(O)=C2C(=O)O[C@]1(C)C(Cl)Cl. The maximum Gasteiger partial charge on any atom is 0.338 e. The molecule has 186 valence electrons. The molecule has 0 aromatic heterocycles. The summed E-state index contributed by atoms with van der Waals surface area (Å²) >= 11 is 12.2. The van der Waals surface area contributed by atoms with Crippen LogP contribution >= 0.6 is 23.2 Å². The topological polar surface area (TPSA) is 180 Å². The maximum absolute atomic E-state index is 12.9. The van der Waals surface area contributed by atoms with Crippen molar-refractivity contribution in [1.29, 1.82) is 0 Å². The Labute approximate surface area is 201 Å². The number of carbonyl (C=O) groups is 4. The molecule has 2 rings (SSSR count). The van der Waals surface area contributed by atoms with Gasteiger partial charge in [0.15, 0.2) is 5.60 Å². The number of ether oxygens (including phenoxy) is 1. The van der Waals surface area contributed by atoms with E-state index in [9.17, 15) is 29.4 Å². The van der Waals surface area contributed by atoms with Crippen LogP contribution in [0.5, 0.6) is 0 Å². The minimum Gasteiger partial charge on any atom is -0.512 e. The monoisotopic (exact) mass is 508 g/mol. The van der Waals surface area contributed by atoms with Crippen molar-refractivity contribution in [2.45, 2.75) is 81.2 Å². The quantitative estimate of drug-likeness (QED) is 0.197. The zero-order chi connectivity index (χ0) is 25.2. The molecule has 3 amide bonds. The van der Waals surface area contributed by atoms with Crippen LogP contribution in [0.3, 0.4) is 0 Å². The zero-order valence-corrected chi connectivity index (χ0v) is 20.2. The van der Waals surface area contributed by atoms with Crippen LogP contribution in [0.2, 0.25) is 0 Å². The van der Waals surface area contributed by atoms with E-state index in [0.29, 0.717) is 0 Å². The standard InChI is InChI=1S/C20H30Cl2N4O7/c1-7(23)15(29)24-8(2)16(30)25-9(3)17(31)26-14-11-5-10(27)6-12(28)13(11)18(32)33-20(14,4)19(21)22/h7-11,14,19,27-28H,5-6,23H2,1-4H3,(H,24,29)(H,25,30)(H,26,31)/t7-,8-,9-,10-,11+,14+,20-/m0/s1. The van der Waals surface area contributed by atoms with Crippen LogP contribution in [0.4, 0.5) is 0 Å². The lowest BCUT2D eigenvalue weighted by atomic mass is 9.72. The number of nitrogens with two attached hydrogens (primary N) is 1. The van der Waals surface area contributed by atoms with Crippen molar-refractivity contribution in [2.24, 2.45) is 11.7 Å². The summed E-state index contributed by atoms with van der Waals surface area (Å²) in [6.45, 7) is 5.76. The van der Waals surface area contributed by atoms with Crippen LogP contribution in [0, 0.1) is 5.92 Å². The fraction of sp³-hybridized carbons (Fsp3) is 0.700. The fourth-order valence-electron chi connectivity index (χ4n) is 3.85. The Morgan fingerprint density at radius 2 is 1.67 bits per heavy atom. The molecule has 13 heteroatoms. The third kappa shape index (κ3) is 5.89. The minimum atomic E-state index is -1.58. The van der Waals surface area contributed by atoms with E-state index in [1.165, 1.54) is 27.7 Å². The molecule has 0 unspecified atom stereocenters. The Hall–Kier alpha value is -2.08. The van der Waals surface area contributed by atoms with Gasteiger partial charge in [0, 0.05) is 12.3 Å². The molecule has 11 nitrogen and oxygen atoms in total. The summed E-state index contributed by atoms with van der Waals surface area (Å²) in [6.07, 6.45) is -1.03. The molecule has 1 heterocycles. The van der Waals surface area contributed by atoms with Gasteiger partial charge in [-0.1, -0.05) is 0 Å². The average molecular weight is 509 g/mol. The lowest BCUT2D eigenvalue weighted by molar-refractivity contribution is -0.167. The number of aliphatic hydroxyl groups excluding tert-OH is 2. The molecule has 0 saturated carbocycles. The van der Waals surface area contributed by atoms with Crippen molar-refractivity contribution in [2.75, 3.05) is 0 Å². The highest BCUT2D eigenvalue weighted by Crippen LogP contribution is 2.44. The first-order valence-corrected chi connectivity index (χ1v) is 11.3. The van der Waals surface area contributed by atoms with Crippen LogP contribution in [0.15, 0.2) is 11.3 Å². The number of rotatable bonds is 7. The van der Waals surface area contributed by atoms with E-state index in [4.69, 9.17) is 33.7 Å². The van der Waals surface area contributed by atoms with E-state index in [0.717, 1.165) is 0 Å². The lowest BCUT2D eigenvalue weighted by Crippen LogP contribution is -2.66. The van der Waals surface area contributed by atoms with Gasteiger partial charge in [-0.15, -0.1) is 23.2 Å². The maximum atomic E-state index is 12.9. The lowest BCUT2D eigenvalue weighted by Gasteiger charge is -2.48. The molecule has 7 atom stereocenters. The summed E-state index contributed by atoms with van der Waals surface area (Å²) in [4.78, 5) is 48.3. The predicted octanol–water partition coefficient (Wildman–Crippen LogP) is -0.470. The second-order valence-electron chi connectivity index (χ2n) is 8.67. The number of hydrogen-bond acceptors (Lipinski definition) is 8. The number of fused-ring (bicyclic) bond motifs is 1. The number of alkyl halides is 2. The third-order valence-corrected chi connectivity index (χ3v) is 6.70. The Morgan fingerprint density at radius 1 is 1.12 bits per heavy atom. The van der Waals surface area contributed by atoms with Gasteiger partial charge < -0.3 is 36.6 Å². The molecule has 1 aliphatic carbocycles. The van der Waals surface area contributed by atoms with Crippen LogP contribution in [-0.2, 0) is 23.9 Å². The molecule has 0 bridgehead atoms. The number of aliphatic hydroxyl groups is 2. The molecular formula is C20H30Cl2N4O7.